The molecule has 2 aliphatic carbocycles. The molecule has 14 heteroatoms. The van der Waals surface area contributed by atoms with Crippen LogP contribution in [0, 0.1) is 0 Å². The molecule has 4 aromatic rings. The predicted molar refractivity (Wildman–Crippen MR) is 173 cm³/mol. The van der Waals surface area contributed by atoms with Crippen LogP contribution in [0.1, 0.15) is 66.1 Å². The van der Waals surface area contributed by atoms with Crippen LogP contribution in [0.4, 0.5) is 5.13 Å². The lowest BCUT2D eigenvalue weighted by Crippen LogP contribution is -2.39. The molecule has 6 rings (SSSR count). The Hall–Kier alpha value is -2.74. The van der Waals surface area contributed by atoms with Gasteiger partial charge in [-0.05, 0) is 68.9 Å². The van der Waals surface area contributed by atoms with Crippen molar-refractivity contribution in [2.24, 2.45) is 0 Å². The number of nitrogens with zero attached hydrogens (tertiary/aromatic N) is 4. The molecule has 0 atom stereocenters. The van der Waals surface area contributed by atoms with Gasteiger partial charge in [0.05, 0.1) is 33.0 Å². The first-order valence-corrected chi connectivity index (χ1v) is 17.5. The highest BCUT2D eigenvalue weighted by atomic mass is 35.5. The molecule has 0 unspecified atom stereocenters. The van der Waals surface area contributed by atoms with Crippen LogP contribution in [-0.2, 0) is 21.6 Å². The molecule has 10 nitrogen and oxygen atoms in total. The summed E-state index contributed by atoms with van der Waals surface area (Å²) in [6.45, 7) is 0.390. The second-order valence-electron chi connectivity index (χ2n) is 11.5. The van der Waals surface area contributed by atoms with Gasteiger partial charge in [0.2, 0.25) is 0 Å². The topological polar surface area (TPSA) is 118 Å². The van der Waals surface area contributed by atoms with Gasteiger partial charge >= 0.3 is 10.2 Å². The van der Waals surface area contributed by atoms with E-state index in [1.165, 1.54) is 25.4 Å². The van der Waals surface area contributed by atoms with Gasteiger partial charge in [0.15, 0.2) is 5.13 Å². The van der Waals surface area contributed by atoms with Gasteiger partial charge in [-0.1, -0.05) is 45.8 Å². The number of ether oxygens (including phenoxy) is 1. The summed E-state index contributed by atoms with van der Waals surface area (Å²) in [7, 11) is 0.883. The lowest BCUT2D eigenvalue weighted by molar-refractivity contribution is 0.0131. The van der Waals surface area contributed by atoms with E-state index in [9.17, 15) is 13.2 Å². The molecule has 0 spiro atoms. The van der Waals surface area contributed by atoms with E-state index >= 15 is 0 Å². The fourth-order valence-corrected chi connectivity index (χ4v) is 7.63. The Bertz CT molecular complexity index is 1780. The van der Waals surface area contributed by atoms with Crippen LogP contribution in [-0.4, -0.2) is 62.1 Å². The van der Waals surface area contributed by atoms with Crippen LogP contribution in [0.5, 0.6) is 0 Å². The average Bonchev–Trinajstić information content (AvgIpc) is 3.61. The quantitative estimate of drug-likeness (QED) is 0.199. The van der Waals surface area contributed by atoms with E-state index in [0.717, 1.165) is 69.5 Å². The number of aromatic nitrogens is 2. The first-order chi connectivity index (χ1) is 21.0. The number of carbonyl (C=O) groups excluding carboxylic acids is 1. The van der Waals surface area contributed by atoms with Gasteiger partial charge in [-0.3, -0.25) is 4.79 Å². The molecule has 2 aromatic carbocycles. The summed E-state index contributed by atoms with van der Waals surface area (Å²) in [5.41, 5.74) is 3.29. The molecule has 0 aliphatic heterocycles. The summed E-state index contributed by atoms with van der Waals surface area (Å²) in [5, 5.41) is 6.28. The van der Waals surface area contributed by atoms with Crippen molar-refractivity contribution in [3.8, 4) is 11.3 Å². The van der Waals surface area contributed by atoms with Gasteiger partial charge < -0.3 is 14.2 Å². The number of amides is 1. The number of carbonyl (C=O) groups is 1. The molecule has 2 heterocycles. The van der Waals surface area contributed by atoms with Crippen molar-refractivity contribution in [1.82, 2.24) is 19.2 Å². The van der Waals surface area contributed by atoms with E-state index < -0.39 is 16.1 Å². The molecule has 2 fully saturated rings. The molecular weight excluding hydrogens is 645 g/mol. The summed E-state index contributed by atoms with van der Waals surface area (Å²) in [4.78, 5) is 19.5. The highest BCUT2D eigenvalue weighted by Crippen LogP contribution is 2.46. The zero-order valence-corrected chi connectivity index (χ0v) is 27.7. The minimum absolute atomic E-state index is 0.103. The Morgan fingerprint density at radius 3 is 2.43 bits per heavy atom. The van der Waals surface area contributed by atoms with E-state index in [0.29, 0.717) is 39.9 Å². The Labute approximate surface area is 270 Å². The molecule has 1 amide bonds. The summed E-state index contributed by atoms with van der Waals surface area (Å²) >= 11 is 14.5. The molecule has 1 N–H and O–H groups in total. The second-order valence-corrected chi connectivity index (χ2v) is 15.2. The Morgan fingerprint density at radius 1 is 1.07 bits per heavy atom. The number of thiazole rings is 1. The first kappa shape index (κ1) is 31.3. The molecule has 0 radical (unpaired) electrons. The van der Waals surface area contributed by atoms with Gasteiger partial charge in [0, 0.05) is 49.8 Å². The van der Waals surface area contributed by atoms with Crippen molar-refractivity contribution in [3.63, 3.8) is 0 Å². The van der Waals surface area contributed by atoms with Gasteiger partial charge in [0.1, 0.15) is 11.5 Å². The first-order valence-electron chi connectivity index (χ1n) is 14.4. The van der Waals surface area contributed by atoms with Crippen molar-refractivity contribution in [1.29, 1.82) is 0 Å². The summed E-state index contributed by atoms with van der Waals surface area (Å²) in [6, 6.07) is 10.7. The van der Waals surface area contributed by atoms with Crippen molar-refractivity contribution < 1.29 is 22.5 Å². The minimum atomic E-state index is -3.88. The molecule has 234 valence electrons. The Balaban J connectivity index is 1.09. The molecule has 0 bridgehead atoms. The standard InChI is InChI=1S/C30H33Cl2N5O5S2/c1-36(2)44(39,40)35-29(38)18-9-14-24-25(15-18)43-30(33-24)37(3)19-10-12-20(13-11-19)41-16-21-27(34-42-28(21)17-7-8-17)26-22(31)5-4-6-23(26)32/h4-6,9,14-15,17,19-20H,7-8,10-13,16H2,1-3H3,(H,35,38). The minimum Gasteiger partial charge on any atom is -0.373 e. The van der Waals surface area contributed by atoms with Crippen LogP contribution in [0.3, 0.4) is 0 Å². The normalized spacial score (nSPS) is 19.0. The van der Waals surface area contributed by atoms with E-state index in [1.807, 2.05) is 13.1 Å². The largest absolute Gasteiger partial charge is 0.373 e. The Morgan fingerprint density at radius 2 is 1.77 bits per heavy atom. The van der Waals surface area contributed by atoms with Gasteiger partial charge in [-0.25, -0.2) is 9.71 Å². The lowest BCUT2D eigenvalue weighted by atomic mass is 9.92. The van der Waals surface area contributed by atoms with Crippen LogP contribution in [0.2, 0.25) is 10.0 Å². The second kappa shape index (κ2) is 12.6. The zero-order chi connectivity index (χ0) is 31.2. The lowest BCUT2D eigenvalue weighted by Gasteiger charge is -2.34. The number of hydrogen-bond acceptors (Lipinski definition) is 9. The zero-order valence-electron chi connectivity index (χ0n) is 24.5. The average molecular weight is 679 g/mol. The van der Waals surface area contributed by atoms with Crippen LogP contribution in [0.15, 0.2) is 40.9 Å². The fraction of sp³-hybridized carbons (Fsp3) is 0.433. The van der Waals surface area contributed by atoms with Crippen LogP contribution in [0.25, 0.3) is 21.5 Å². The summed E-state index contributed by atoms with van der Waals surface area (Å²) < 4.78 is 40.2. The molecular formula is C30H33Cl2N5O5S2. The SMILES string of the molecule is CN(c1nc2ccc(C(=O)NS(=O)(=O)N(C)C)cc2s1)C1CCC(OCc2c(-c3c(Cl)cccc3Cl)noc2C2CC2)CC1. The van der Waals surface area contributed by atoms with Gasteiger partial charge in [-0.2, -0.15) is 12.7 Å². The number of rotatable bonds is 10. The number of fused-ring (bicyclic) bond motifs is 1. The van der Waals surface area contributed by atoms with Crippen molar-refractivity contribution in [3.05, 3.63) is 63.3 Å². The van der Waals surface area contributed by atoms with E-state index in [-0.39, 0.29) is 11.7 Å². The monoisotopic (exact) mass is 677 g/mol. The molecule has 2 aliphatic rings. The van der Waals surface area contributed by atoms with Gasteiger partial charge in [0.25, 0.3) is 5.91 Å². The van der Waals surface area contributed by atoms with Crippen molar-refractivity contribution in [2.75, 3.05) is 26.0 Å². The summed E-state index contributed by atoms with van der Waals surface area (Å²) in [6.07, 6.45) is 5.94. The van der Waals surface area contributed by atoms with Crippen LogP contribution >= 0.6 is 34.5 Å². The third-order valence-electron chi connectivity index (χ3n) is 8.26. The maximum atomic E-state index is 12.6. The number of nitrogens with one attached hydrogen (secondary N) is 1. The number of benzene rings is 2. The molecule has 2 saturated carbocycles. The molecule has 44 heavy (non-hydrogen) atoms. The fourth-order valence-electron chi connectivity index (χ4n) is 5.48. The maximum absolute atomic E-state index is 12.6. The van der Waals surface area contributed by atoms with Crippen molar-refractivity contribution in [2.45, 2.75) is 63.2 Å². The van der Waals surface area contributed by atoms with E-state index in [1.54, 1.807) is 30.3 Å². The number of halogens is 2. The third-order valence-corrected chi connectivity index (χ3v) is 11.4. The summed E-state index contributed by atoms with van der Waals surface area (Å²) in [5.74, 6) is 0.561. The van der Waals surface area contributed by atoms with Crippen molar-refractivity contribution >= 4 is 66.0 Å². The van der Waals surface area contributed by atoms with Gasteiger partial charge in [-0.15, -0.1) is 0 Å². The maximum Gasteiger partial charge on any atom is 0.303 e. The highest BCUT2D eigenvalue weighted by molar-refractivity contribution is 7.87. The number of anilines is 1. The van der Waals surface area contributed by atoms with E-state index in [4.69, 9.17) is 37.4 Å². The molecule has 0 saturated heterocycles. The number of hydrogen-bond donors (Lipinski definition) is 1. The third kappa shape index (κ3) is 6.47. The van der Waals surface area contributed by atoms with Crippen LogP contribution < -0.4 is 9.62 Å². The van der Waals surface area contributed by atoms with E-state index in [2.05, 4.69) is 14.8 Å². The highest BCUT2D eigenvalue weighted by Gasteiger charge is 2.34. The smallest absolute Gasteiger partial charge is 0.303 e. The molecule has 2 aromatic heterocycles. The Kier molecular flexibility index (Phi) is 8.93. The predicted octanol–water partition coefficient (Wildman–Crippen LogP) is 6.64.